The van der Waals surface area contributed by atoms with Crippen molar-refractivity contribution in [3.63, 3.8) is 0 Å². The summed E-state index contributed by atoms with van der Waals surface area (Å²) in [6.07, 6.45) is 0. The summed E-state index contributed by atoms with van der Waals surface area (Å²) in [5.74, 6) is 0. The van der Waals surface area contributed by atoms with Gasteiger partial charge in [-0.05, 0) is 76.2 Å². The summed E-state index contributed by atoms with van der Waals surface area (Å²) in [6.45, 7) is 20.2. The van der Waals surface area contributed by atoms with Crippen LogP contribution in [0.2, 0.25) is 0 Å². The summed E-state index contributed by atoms with van der Waals surface area (Å²) in [5, 5.41) is 3.43. The molecule has 2 aliphatic rings. The molecule has 0 spiro atoms. The summed E-state index contributed by atoms with van der Waals surface area (Å²) >= 11 is 4.85. The smallest absolute Gasteiger partial charge is 0.399 e. The molecule has 0 saturated carbocycles. The lowest BCUT2D eigenvalue weighted by Crippen LogP contribution is -2.44. The second-order valence-corrected chi connectivity index (χ2v) is 9.18. The molecule has 2 heterocycles. The lowest BCUT2D eigenvalue weighted by Gasteiger charge is -2.32. The Hall–Kier alpha value is -0.525. The molecular formula is C20H33BN2O2S. The first-order valence-electron chi connectivity index (χ1n) is 9.65. The van der Waals surface area contributed by atoms with E-state index in [0.29, 0.717) is 0 Å². The highest BCUT2D eigenvalue weighted by molar-refractivity contribution is 7.80. The highest BCUT2D eigenvalue weighted by Crippen LogP contribution is 2.38. The number of thiol groups is 1. The van der Waals surface area contributed by atoms with Crippen molar-refractivity contribution in [2.45, 2.75) is 71.1 Å². The van der Waals surface area contributed by atoms with Gasteiger partial charge in [-0.25, -0.2) is 0 Å². The second kappa shape index (κ2) is 7.14. The first-order valence-corrected chi connectivity index (χ1v) is 10.1. The van der Waals surface area contributed by atoms with Crippen molar-refractivity contribution in [3.8, 4) is 0 Å². The number of nitrogens with zero attached hydrogens (tertiary/aromatic N) is 1. The maximum Gasteiger partial charge on any atom is 0.495 e. The molecule has 0 aromatic heterocycles. The van der Waals surface area contributed by atoms with E-state index in [0.717, 1.165) is 43.1 Å². The summed E-state index contributed by atoms with van der Waals surface area (Å²) in [7, 11) is -0.340. The molecule has 0 bridgehead atoms. The molecule has 0 unspecified atom stereocenters. The minimum Gasteiger partial charge on any atom is -0.399 e. The number of hydrogen-bond acceptors (Lipinski definition) is 5. The first kappa shape index (κ1) is 20.2. The molecule has 2 fully saturated rings. The number of piperazine rings is 1. The molecule has 6 heteroatoms. The molecule has 1 aromatic rings. The molecule has 2 saturated heterocycles. The van der Waals surface area contributed by atoms with Crippen LogP contribution in [0.1, 0.15) is 49.9 Å². The van der Waals surface area contributed by atoms with Gasteiger partial charge in [0.25, 0.3) is 0 Å². The Labute approximate surface area is 164 Å². The maximum absolute atomic E-state index is 6.37. The molecule has 0 amide bonds. The van der Waals surface area contributed by atoms with E-state index in [1.54, 1.807) is 0 Å². The lowest BCUT2D eigenvalue weighted by molar-refractivity contribution is 0.00578. The van der Waals surface area contributed by atoms with E-state index < -0.39 is 0 Å². The molecule has 1 aromatic carbocycles. The van der Waals surface area contributed by atoms with E-state index >= 15 is 0 Å². The number of benzene rings is 1. The fourth-order valence-corrected chi connectivity index (χ4v) is 4.18. The molecule has 2 aliphatic heterocycles. The Balaban J connectivity index is 2.00. The Kier molecular flexibility index (Phi) is 5.55. The number of hydrogen-bond donors (Lipinski definition) is 2. The van der Waals surface area contributed by atoms with Crippen LogP contribution in [0.25, 0.3) is 0 Å². The Bertz CT molecular complexity index is 684. The fourth-order valence-electron chi connectivity index (χ4n) is 3.92. The number of rotatable bonds is 3. The zero-order valence-corrected chi connectivity index (χ0v) is 18.2. The van der Waals surface area contributed by atoms with E-state index in [9.17, 15) is 0 Å². The van der Waals surface area contributed by atoms with Gasteiger partial charge in [-0.2, -0.15) is 0 Å². The van der Waals surface area contributed by atoms with Gasteiger partial charge in [0, 0.05) is 37.6 Å². The predicted octanol–water partition coefficient (Wildman–Crippen LogP) is 2.60. The van der Waals surface area contributed by atoms with E-state index in [4.69, 9.17) is 21.9 Å². The summed E-state index contributed by atoms with van der Waals surface area (Å²) in [6, 6.07) is 0. The van der Waals surface area contributed by atoms with Crippen molar-refractivity contribution in [2.75, 3.05) is 26.2 Å². The number of nitrogens with one attached hydrogen (secondary N) is 1. The van der Waals surface area contributed by atoms with Crippen molar-refractivity contribution in [1.82, 2.24) is 10.2 Å². The highest BCUT2D eigenvalue weighted by atomic mass is 32.1. The van der Waals surface area contributed by atoms with E-state index in [1.165, 1.54) is 22.3 Å². The SMILES string of the molecule is Cc1c(S)c(C)c(B2OC(C)(C)C(C)(C)O2)c(C)c1CN1CCNCC1. The molecule has 3 rings (SSSR count). The van der Waals surface area contributed by atoms with Gasteiger partial charge < -0.3 is 14.6 Å². The van der Waals surface area contributed by atoms with Crippen LogP contribution in [0, 0.1) is 20.8 Å². The third kappa shape index (κ3) is 3.47. The zero-order valence-electron chi connectivity index (χ0n) is 17.3. The van der Waals surface area contributed by atoms with Crippen LogP contribution >= 0.6 is 12.6 Å². The van der Waals surface area contributed by atoms with Crippen LogP contribution in [0.3, 0.4) is 0 Å². The summed E-state index contributed by atoms with van der Waals surface area (Å²) in [4.78, 5) is 3.58. The van der Waals surface area contributed by atoms with E-state index in [1.807, 2.05) is 0 Å². The van der Waals surface area contributed by atoms with Crippen molar-refractivity contribution in [1.29, 1.82) is 0 Å². The molecule has 0 radical (unpaired) electrons. The van der Waals surface area contributed by atoms with E-state index in [2.05, 4.69) is 58.7 Å². The highest BCUT2D eigenvalue weighted by Gasteiger charge is 2.52. The van der Waals surface area contributed by atoms with Crippen LogP contribution in [-0.2, 0) is 15.9 Å². The quantitative estimate of drug-likeness (QED) is 0.628. The second-order valence-electron chi connectivity index (χ2n) is 8.73. The van der Waals surface area contributed by atoms with Gasteiger partial charge in [0.1, 0.15) is 0 Å². The molecule has 1 N–H and O–H groups in total. The van der Waals surface area contributed by atoms with Crippen molar-refractivity contribution < 1.29 is 9.31 Å². The summed E-state index contributed by atoms with van der Waals surface area (Å²) < 4.78 is 12.7. The summed E-state index contributed by atoms with van der Waals surface area (Å²) in [5.41, 5.74) is 5.59. The molecule has 26 heavy (non-hydrogen) atoms. The van der Waals surface area contributed by atoms with Crippen molar-refractivity contribution >= 4 is 25.2 Å². The molecule has 4 nitrogen and oxygen atoms in total. The average Bonchev–Trinajstić information content (AvgIpc) is 2.78. The Morgan fingerprint density at radius 2 is 1.50 bits per heavy atom. The molecule has 0 atom stereocenters. The van der Waals surface area contributed by atoms with E-state index in [-0.39, 0.29) is 18.3 Å². The Morgan fingerprint density at radius 1 is 0.962 bits per heavy atom. The first-order chi connectivity index (χ1) is 12.0. The van der Waals surface area contributed by atoms with Crippen LogP contribution in [0.5, 0.6) is 0 Å². The minimum absolute atomic E-state index is 0.336. The normalized spacial score (nSPS) is 22.8. The zero-order chi connectivity index (χ0) is 19.3. The predicted molar refractivity (Wildman–Crippen MR) is 112 cm³/mol. The van der Waals surface area contributed by atoms with Crippen LogP contribution < -0.4 is 10.8 Å². The van der Waals surface area contributed by atoms with Crippen molar-refractivity contribution in [3.05, 3.63) is 22.3 Å². The monoisotopic (exact) mass is 376 g/mol. The van der Waals surface area contributed by atoms with Crippen LogP contribution in [0.4, 0.5) is 0 Å². The van der Waals surface area contributed by atoms with Crippen molar-refractivity contribution in [2.24, 2.45) is 0 Å². The topological polar surface area (TPSA) is 33.7 Å². The average molecular weight is 376 g/mol. The van der Waals surface area contributed by atoms with Crippen LogP contribution in [0.15, 0.2) is 4.90 Å². The fraction of sp³-hybridized carbons (Fsp3) is 0.700. The van der Waals surface area contributed by atoms with Gasteiger partial charge in [0.15, 0.2) is 0 Å². The lowest BCUT2D eigenvalue weighted by atomic mass is 9.71. The van der Waals surface area contributed by atoms with Gasteiger partial charge in [-0.15, -0.1) is 12.6 Å². The molecule has 144 valence electrons. The standard InChI is InChI=1S/C20H33BN2O2S/c1-13-16(12-23-10-8-22-9-11-23)14(2)18(26)15(3)17(13)21-24-19(4,5)20(6,7)25-21/h22,26H,8-12H2,1-7H3. The minimum atomic E-state index is -0.340. The van der Waals surface area contributed by atoms with Gasteiger partial charge in [0.05, 0.1) is 11.2 Å². The van der Waals surface area contributed by atoms with Gasteiger partial charge >= 0.3 is 7.12 Å². The van der Waals surface area contributed by atoms with Gasteiger partial charge in [0.2, 0.25) is 0 Å². The third-order valence-corrected chi connectivity index (χ3v) is 7.17. The van der Waals surface area contributed by atoms with Gasteiger partial charge in [-0.1, -0.05) is 0 Å². The molecule has 0 aliphatic carbocycles. The van der Waals surface area contributed by atoms with Gasteiger partial charge in [-0.3, -0.25) is 4.90 Å². The third-order valence-electron chi connectivity index (χ3n) is 6.50. The Morgan fingerprint density at radius 3 is 2.04 bits per heavy atom. The van der Waals surface area contributed by atoms with Crippen LogP contribution in [-0.4, -0.2) is 49.4 Å². The molecular weight excluding hydrogens is 343 g/mol. The maximum atomic E-state index is 6.37. The largest absolute Gasteiger partial charge is 0.495 e.